The number of nitrogens with zero attached hydrogens (tertiary/aromatic N) is 1. The normalized spacial score (nSPS) is 10.4. The lowest BCUT2D eigenvalue weighted by Gasteiger charge is -2.13. The fourth-order valence-corrected chi connectivity index (χ4v) is 2.78. The number of hydrogen-bond donors (Lipinski definition) is 1. The number of nitro benzene ring substituents is 1. The second-order valence-corrected chi connectivity index (χ2v) is 6.29. The van der Waals surface area contributed by atoms with Crippen molar-refractivity contribution in [3.05, 3.63) is 57.6 Å². The van der Waals surface area contributed by atoms with Crippen molar-refractivity contribution in [3.63, 3.8) is 0 Å². The Morgan fingerprint density at radius 3 is 2.68 bits per heavy atom. The highest BCUT2D eigenvalue weighted by Crippen LogP contribution is 2.30. The molecule has 2 rings (SSSR count). The first kappa shape index (κ1) is 18.8. The van der Waals surface area contributed by atoms with Gasteiger partial charge in [0.1, 0.15) is 5.75 Å². The SMILES string of the molecule is CCCOc1cc(C)ccc1NC(=O)c1ccc(SC)c([N+](=O)[O-])c1. The molecule has 0 spiro atoms. The average molecular weight is 360 g/mol. The minimum atomic E-state index is -0.482. The van der Waals surface area contributed by atoms with Crippen LogP contribution in [-0.2, 0) is 0 Å². The second kappa shape index (κ2) is 8.53. The molecule has 0 aliphatic rings. The maximum Gasteiger partial charge on any atom is 0.283 e. The van der Waals surface area contributed by atoms with E-state index in [2.05, 4.69) is 5.32 Å². The van der Waals surface area contributed by atoms with Gasteiger partial charge in [0.15, 0.2) is 0 Å². The Morgan fingerprint density at radius 1 is 1.28 bits per heavy atom. The largest absolute Gasteiger partial charge is 0.491 e. The summed E-state index contributed by atoms with van der Waals surface area (Å²) in [5, 5.41) is 13.9. The Kier molecular flexibility index (Phi) is 6.41. The van der Waals surface area contributed by atoms with Crippen LogP contribution in [0.15, 0.2) is 41.3 Å². The molecule has 132 valence electrons. The predicted octanol–water partition coefficient (Wildman–Crippen LogP) is 4.67. The Bertz CT molecular complexity index is 793. The first-order valence-electron chi connectivity index (χ1n) is 7.83. The van der Waals surface area contributed by atoms with E-state index in [0.29, 0.717) is 22.9 Å². The smallest absolute Gasteiger partial charge is 0.283 e. The van der Waals surface area contributed by atoms with Crippen LogP contribution in [-0.4, -0.2) is 23.7 Å². The van der Waals surface area contributed by atoms with Gasteiger partial charge in [-0.05, 0) is 49.4 Å². The quantitative estimate of drug-likeness (QED) is 0.441. The molecule has 0 heterocycles. The molecule has 0 atom stereocenters. The van der Waals surface area contributed by atoms with Gasteiger partial charge in [0.2, 0.25) is 0 Å². The Balaban J connectivity index is 2.28. The number of ether oxygens (including phenoxy) is 1. The van der Waals surface area contributed by atoms with Gasteiger partial charge in [0.25, 0.3) is 11.6 Å². The van der Waals surface area contributed by atoms with E-state index in [9.17, 15) is 14.9 Å². The number of benzene rings is 2. The second-order valence-electron chi connectivity index (χ2n) is 5.45. The van der Waals surface area contributed by atoms with Crippen molar-refractivity contribution in [1.82, 2.24) is 0 Å². The number of amides is 1. The fraction of sp³-hybridized carbons (Fsp3) is 0.278. The zero-order chi connectivity index (χ0) is 18.4. The van der Waals surface area contributed by atoms with Crippen molar-refractivity contribution in [2.45, 2.75) is 25.2 Å². The van der Waals surface area contributed by atoms with Gasteiger partial charge in [-0.3, -0.25) is 14.9 Å². The van der Waals surface area contributed by atoms with E-state index >= 15 is 0 Å². The van der Waals surface area contributed by atoms with Crippen LogP contribution in [0.1, 0.15) is 29.3 Å². The maximum absolute atomic E-state index is 12.5. The van der Waals surface area contributed by atoms with Gasteiger partial charge >= 0.3 is 0 Å². The van der Waals surface area contributed by atoms with Crippen LogP contribution in [0.5, 0.6) is 5.75 Å². The van der Waals surface area contributed by atoms with Crippen molar-refractivity contribution in [1.29, 1.82) is 0 Å². The summed E-state index contributed by atoms with van der Waals surface area (Å²) in [6, 6.07) is 9.94. The average Bonchev–Trinajstić information content (AvgIpc) is 2.61. The molecule has 0 saturated heterocycles. The Hall–Kier alpha value is -2.54. The zero-order valence-electron chi connectivity index (χ0n) is 14.4. The Labute approximate surface area is 150 Å². The van der Waals surface area contributed by atoms with Gasteiger partial charge in [0.05, 0.1) is 22.1 Å². The first-order valence-corrected chi connectivity index (χ1v) is 9.06. The number of aryl methyl sites for hydroxylation is 1. The zero-order valence-corrected chi connectivity index (χ0v) is 15.2. The summed E-state index contributed by atoms with van der Waals surface area (Å²) in [5.41, 5.74) is 1.71. The molecule has 25 heavy (non-hydrogen) atoms. The third kappa shape index (κ3) is 4.73. The minimum Gasteiger partial charge on any atom is -0.491 e. The third-order valence-corrected chi connectivity index (χ3v) is 4.27. The van der Waals surface area contributed by atoms with Crippen molar-refractivity contribution in [3.8, 4) is 5.75 Å². The molecule has 6 nitrogen and oxygen atoms in total. The third-order valence-electron chi connectivity index (χ3n) is 3.48. The van der Waals surface area contributed by atoms with Crippen LogP contribution >= 0.6 is 11.8 Å². The maximum atomic E-state index is 12.5. The fourth-order valence-electron chi connectivity index (χ4n) is 2.23. The topological polar surface area (TPSA) is 81.5 Å². The molecule has 0 aliphatic carbocycles. The number of nitro groups is 1. The van der Waals surface area contributed by atoms with E-state index in [4.69, 9.17) is 4.74 Å². The molecule has 2 aromatic carbocycles. The number of thioether (sulfide) groups is 1. The standard InChI is InChI=1S/C18H20N2O4S/c1-4-9-24-16-10-12(2)5-7-14(16)19-18(21)13-6-8-17(25-3)15(11-13)20(22)23/h5-8,10-11H,4,9H2,1-3H3,(H,19,21). The molecule has 0 aromatic heterocycles. The molecule has 1 amide bonds. The summed E-state index contributed by atoms with van der Waals surface area (Å²) in [6.07, 6.45) is 2.61. The van der Waals surface area contributed by atoms with Gasteiger partial charge in [-0.1, -0.05) is 13.0 Å². The number of carbonyl (C=O) groups is 1. The lowest BCUT2D eigenvalue weighted by atomic mass is 10.1. The van der Waals surface area contributed by atoms with Crippen molar-refractivity contribution in [2.75, 3.05) is 18.2 Å². The lowest BCUT2D eigenvalue weighted by Crippen LogP contribution is -2.13. The van der Waals surface area contributed by atoms with E-state index in [1.54, 1.807) is 24.5 Å². The highest BCUT2D eigenvalue weighted by Gasteiger charge is 2.18. The highest BCUT2D eigenvalue weighted by atomic mass is 32.2. The van der Waals surface area contributed by atoms with Crippen molar-refractivity contribution < 1.29 is 14.5 Å². The number of nitrogens with one attached hydrogen (secondary N) is 1. The molecule has 0 radical (unpaired) electrons. The van der Waals surface area contributed by atoms with Gasteiger partial charge in [0, 0.05) is 11.6 Å². The molecule has 0 unspecified atom stereocenters. The number of hydrogen-bond acceptors (Lipinski definition) is 5. The van der Waals surface area contributed by atoms with Crippen LogP contribution in [0.4, 0.5) is 11.4 Å². The molecule has 0 aliphatic heterocycles. The van der Waals surface area contributed by atoms with Gasteiger partial charge in [-0.15, -0.1) is 11.8 Å². The van der Waals surface area contributed by atoms with E-state index in [1.165, 1.54) is 17.8 Å². The minimum absolute atomic E-state index is 0.0773. The Morgan fingerprint density at radius 2 is 2.04 bits per heavy atom. The number of anilines is 1. The summed E-state index contributed by atoms with van der Waals surface area (Å²) in [4.78, 5) is 23.7. The lowest BCUT2D eigenvalue weighted by molar-refractivity contribution is -0.387. The van der Waals surface area contributed by atoms with Gasteiger partial charge < -0.3 is 10.1 Å². The van der Waals surface area contributed by atoms with E-state index in [-0.39, 0.29) is 11.3 Å². The van der Waals surface area contributed by atoms with Crippen LogP contribution < -0.4 is 10.1 Å². The molecule has 0 bridgehead atoms. The molecule has 1 N–H and O–H groups in total. The van der Waals surface area contributed by atoms with E-state index in [0.717, 1.165) is 12.0 Å². The van der Waals surface area contributed by atoms with Crippen LogP contribution in [0.3, 0.4) is 0 Å². The van der Waals surface area contributed by atoms with Crippen LogP contribution in [0.2, 0.25) is 0 Å². The van der Waals surface area contributed by atoms with Crippen molar-refractivity contribution in [2.24, 2.45) is 0 Å². The predicted molar refractivity (Wildman–Crippen MR) is 99.8 cm³/mol. The summed E-state index contributed by atoms with van der Waals surface area (Å²) in [6.45, 7) is 4.48. The molecular formula is C18H20N2O4S. The summed E-state index contributed by atoms with van der Waals surface area (Å²) in [5.74, 6) is 0.173. The summed E-state index contributed by atoms with van der Waals surface area (Å²) >= 11 is 1.27. The van der Waals surface area contributed by atoms with E-state index < -0.39 is 10.8 Å². The van der Waals surface area contributed by atoms with Crippen LogP contribution in [0, 0.1) is 17.0 Å². The monoisotopic (exact) mass is 360 g/mol. The van der Waals surface area contributed by atoms with E-state index in [1.807, 2.05) is 26.0 Å². The molecule has 0 saturated carbocycles. The van der Waals surface area contributed by atoms with Gasteiger partial charge in [-0.25, -0.2) is 0 Å². The first-order chi connectivity index (χ1) is 12.0. The molecule has 0 fully saturated rings. The summed E-state index contributed by atoms with van der Waals surface area (Å²) in [7, 11) is 0. The summed E-state index contributed by atoms with van der Waals surface area (Å²) < 4.78 is 5.68. The molecule has 2 aromatic rings. The highest BCUT2D eigenvalue weighted by molar-refractivity contribution is 7.98. The van der Waals surface area contributed by atoms with Crippen molar-refractivity contribution >= 4 is 29.0 Å². The number of carbonyl (C=O) groups excluding carboxylic acids is 1. The molecular weight excluding hydrogens is 340 g/mol. The van der Waals surface area contributed by atoms with Crippen LogP contribution in [0.25, 0.3) is 0 Å². The van der Waals surface area contributed by atoms with Gasteiger partial charge in [-0.2, -0.15) is 0 Å². The molecule has 7 heteroatoms. The number of rotatable bonds is 7.